The predicted octanol–water partition coefficient (Wildman–Crippen LogP) is 0.906. The smallest absolute Gasteiger partial charge is 0.0694 e. The fraction of sp³-hybridized carbons (Fsp3) is 0.333. The van der Waals surface area contributed by atoms with Crippen molar-refractivity contribution in [3.8, 4) is 0 Å². The Bertz CT molecular complexity index is 322. The highest BCUT2D eigenvalue weighted by Gasteiger charge is 2.31. The van der Waals surface area contributed by atoms with E-state index in [1.54, 1.807) is 0 Å². The molecule has 64 valence electrons. The summed E-state index contributed by atoms with van der Waals surface area (Å²) < 4.78 is 1.11. The first-order valence-corrected chi connectivity index (χ1v) is 5.90. The number of aliphatic hydroxyl groups is 1. The first-order valence-electron chi connectivity index (χ1n) is 4.11. The maximum absolute atomic E-state index is 9.98. The Morgan fingerprint density at radius 2 is 2.25 bits per heavy atom. The molecule has 1 atom stereocenters. The van der Waals surface area contributed by atoms with Gasteiger partial charge < -0.3 is 5.11 Å². The van der Waals surface area contributed by atoms with E-state index >= 15 is 0 Å². The molecule has 1 nitrogen and oxygen atoms in total. The summed E-state index contributed by atoms with van der Waals surface area (Å²) in [5.41, 5.74) is 2.46. The van der Waals surface area contributed by atoms with E-state index in [4.69, 9.17) is 0 Å². The first kappa shape index (κ1) is 8.47. The van der Waals surface area contributed by atoms with Gasteiger partial charge in [0, 0.05) is 14.7 Å². The standard InChI is InChI=1S/C9H11BrOSi/c10-7-1-2-8-6(5-7)3-4-9(8,11)12/h1-2,5,11H,3-4H2,12H3/t9-/m1/s1. The molecule has 0 radical (unpaired) electrons. The van der Waals surface area contributed by atoms with Crippen LogP contribution in [0.15, 0.2) is 22.7 Å². The van der Waals surface area contributed by atoms with Gasteiger partial charge in [-0.05, 0) is 36.1 Å². The fourth-order valence-corrected chi connectivity index (χ4v) is 2.95. The van der Waals surface area contributed by atoms with Crippen LogP contribution in [0.1, 0.15) is 17.5 Å². The molecule has 0 unspecified atom stereocenters. The van der Waals surface area contributed by atoms with Gasteiger partial charge in [-0.1, -0.05) is 22.0 Å². The maximum atomic E-state index is 9.98. The molecule has 0 spiro atoms. The van der Waals surface area contributed by atoms with Crippen molar-refractivity contribution in [2.45, 2.75) is 18.1 Å². The minimum Gasteiger partial charge on any atom is -0.390 e. The van der Waals surface area contributed by atoms with Crippen LogP contribution < -0.4 is 0 Å². The van der Waals surface area contributed by atoms with Gasteiger partial charge in [-0.25, -0.2) is 0 Å². The highest BCUT2D eigenvalue weighted by molar-refractivity contribution is 9.10. The molecule has 0 bridgehead atoms. The zero-order valence-electron chi connectivity index (χ0n) is 6.97. The second-order valence-corrected chi connectivity index (χ2v) is 6.15. The van der Waals surface area contributed by atoms with Crippen LogP contribution >= 0.6 is 15.9 Å². The van der Waals surface area contributed by atoms with Gasteiger partial charge in [-0.2, -0.15) is 0 Å². The fourth-order valence-electron chi connectivity index (χ4n) is 1.81. The van der Waals surface area contributed by atoms with Crippen molar-refractivity contribution in [1.82, 2.24) is 0 Å². The summed E-state index contributed by atoms with van der Waals surface area (Å²) >= 11 is 3.43. The van der Waals surface area contributed by atoms with Crippen molar-refractivity contribution in [3.05, 3.63) is 33.8 Å². The first-order chi connectivity index (χ1) is 5.59. The van der Waals surface area contributed by atoms with E-state index in [2.05, 4.69) is 22.0 Å². The SMILES string of the molecule is O[C@@]1([SiH3])CCc2cc(Br)ccc21. The normalized spacial score (nSPS) is 27.5. The average Bonchev–Trinajstić information content (AvgIpc) is 2.27. The van der Waals surface area contributed by atoms with Crippen LogP contribution in [0.2, 0.25) is 0 Å². The molecule has 0 heterocycles. The molecule has 0 amide bonds. The van der Waals surface area contributed by atoms with Gasteiger partial charge in [0.05, 0.1) is 5.22 Å². The number of hydrogen-bond donors (Lipinski definition) is 1. The molecule has 1 N–H and O–H groups in total. The molecule has 1 aromatic rings. The number of hydrogen-bond acceptors (Lipinski definition) is 1. The van der Waals surface area contributed by atoms with Gasteiger partial charge in [-0.15, -0.1) is 0 Å². The molecule has 0 saturated carbocycles. The summed E-state index contributed by atoms with van der Waals surface area (Å²) in [5.74, 6) is 0. The Hall–Kier alpha value is -0.123. The Morgan fingerprint density at radius 1 is 1.50 bits per heavy atom. The molecular weight excluding hydrogens is 232 g/mol. The molecule has 0 fully saturated rings. The van der Waals surface area contributed by atoms with E-state index < -0.39 is 5.22 Å². The largest absolute Gasteiger partial charge is 0.390 e. The van der Waals surface area contributed by atoms with Crippen molar-refractivity contribution in [2.24, 2.45) is 0 Å². The van der Waals surface area contributed by atoms with Gasteiger partial charge >= 0.3 is 0 Å². The van der Waals surface area contributed by atoms with E-state index in [-0.39, 0.29) is 0 Å². The van der Waals surface area contributed by atoms with E-state index in [0.29, 0.717) is 0 Å². The van der Waals surface area contributed by atoms with Gasteiger partial charge in [0.15, 0.2) is 0 Å². The summed E-state index contributed by atoms with van der Waals surface area (Å²) in [6, 6.07) is 6.16. The molecule has 3 heteroatoms. The minimum absolute atomic E-state index is 0.462. The molecule has 1 aromatic carbocycles. The number of benzene rings is 1. The van der Waals surface area contributed by atoms with Gasteiger partial charge in [0.2, 0.25) is 0 Å². The Morgan fingerprint density at radius 3 is 3.00 bits per heavy atom. The van der Waals surface area contributed by atoms with Crippen LogP contribution in [0.3, 0.4) is 0 Å². The second kappa shape index (κ2) is 2.69. The van der Waals surface area contributed by atoms with Crippen molar-refractivity contribution < 1.29 is 5.11 Å². The van der Waals surface area contributed by atoms with Crippen LogP contribution in [-0.4, -0.2) is 15.3 Å². The number of rotatable bonds is 0. The summed E-state index contributed by atoms with van der Waals surface area (Å²) in [6.07, 6.45) is 1.93. The molecule has 1 aliphatic carbocycles. The molecular formula is C9H11BrOSi. The van der Waals surface area contributed by atoms with Crippen molar-refractivity contribution >= 4 is 26.2 Å². The summed E-state index contributed by atoms with van der Waals surface area (Å²) in [5, 5.41) is 9.52. The van der Waals surface area contributed by atoms with Crippen LogP contribution in [0.4, 0.5) is 0 Å². The van der Waals surface area contributed by atoms with Crippen LogP contribution in [-0.2, 0) is 11.6 Å². The zero-order chi connectivity index (χ0) is 8.77. The molecule has 1 aliphatic rings. The average molecular weight is 243 g/mol. The number of halogens is 1. The predicted molar refractivity (Wildman–Crippen MR) is 56.3 cm³/mol. The molecule has 0 saturated heterocycles. The quantitative estimate of drug-likeness (QED) is 0.671. The van der Waals surface area contributed by atoms with Crippen LogP contribution in [0.25, 0.3) is 0 Å². The molecule has 0 aliphatic heterocycles. The van der Waals surface area contributed by atoms with Crippen molar-refractivity contribution in [1.29, 1.82) is 0 Å². The third kappa shape index (κ3) is 1.26. The third-order valence-corrected chi connectivity index (χ3v) is 4.06. The van der Waals surface area contributed by atoms with E-state index in [1.165, 1.54) is 5.56 Å². The third-order valence-electron chi connectivity index (χ3n) is 2.53. The Labute approximate surface area is 83.4 Å². The lowest BCUT2D eigenvalue weighted by Gasteiger charge is -2.17. The maximum Gasteiger partial charge on any atom is 0.0694 e. The topological polar surface area (TPSA) is 20.2 Å². The number of fused-ring (bicyclic) bond motifs is 1. The van der Waals surface area contributed by atoms with Gasteiger partial charge in [-0.3, -0.25) is 0 Å². The zero-order valence-corrected chi connectivity index (χ0v) is 10.6. The summed E-state index contributed by atoms with van der Waals surface area (Å²) in [7, 11) is 0.827. The second-order valence-electron chi connectivity index (χ2n) is 3.58. The van der Waals surface area contributed by atoms with E-state index in [1.807, 2.05) is 12.1 Å². The monoisotopic (exact) mass is 242 g/mol. The molecule has 0 aromatic heterocycles. The van der Waals surface area contributed by atoms with Crippen molar-refractivity contribution in [3.63, 3.8) is 0 Å². The van der Waals surface area contributed by atoms with Crippen LogP contribution in [0.5, 0.6) is 0 Å². The Kier molecular flexibility index (Phi) is 1.90. The highest BCUT2D eigenvalue weighted by Crippen LogP contribution is 2.35. The lowest BCUT2D eigenvalue weighted by atomic mass is 10.1. The van der Waals surface area contributed by atoms with E-state index in [9.17, 15) is 5.11 Å². The molecule has 2 rings (SSSR count). The Balaban J connectivity index is 2.55. The lowest BCUT2D eigenvalue weighted by molar-refractivity contribution is 0.130. The van der Waals surface area contributed by atoms with Gasteiger partial charge in [0.25, 0.3) is 0 Å². The lowest BCUT2D eigenvalue weighted by Crippen LogP contribution is -2.21. The van der Waals surface area contributed by atoms with E-state index in [0.717, 1.165) is 33.1 Å². The number of aryl methyl sites for hydroxylation is 1. The van der Waals surface area contributed by atoms with Crippen molar-refractivity contribution in [2.75, 3.05) is 0 Å². The summed E-state index contributed by atoms with van der Waals surface area (Å²) in [6.45, 7) is 0. The minimum atomic E-state index is -0.462. The van der Waals surface area contributed by atoms with Crippen LogP contribution in [0, 0.1) is 0 Å². The van der Waals surface area contributed by atoms with Gasteiger partial charge in [0.1, 0.15) is 0 Å². The molecule has 12 heavy (non-hydrogen) atoms. The highest BCUT2D eigenvalue weighted by atomic mass is 79.9. The summed E-state index contributed by atoms with van der Waals surface area (Å²) in [4.78, 5) is 0.